The van der Waals surface area contributed by atoms with Crippen LogP contribution in [-0.4, -0.2) is 43.7 Å². The molecule has 0 aliphatic carbocycles. The monoisotopic (exact) mass is 328 g/mol. The second-order valence-corrected chi connectivity index (χ2v) is 6.03. The van der Waals surface area contributed by atoms with Crippen molar-refractivity contribution in [3.05, 3.63) is 28.2 Å². The third kappa shape index (κ3) is 5.13. The number of nitrogens with zero attached hydrogens (tertiary/aromatic N) is 2. The van der Waals surface area contributed by atoms with Gasteiger partial charge >= 0.3 is 0 Å². The first-order chi connectivity index (χ1) is 8.95. The van der Waals surface area contributed by atoms with Gasteiger partial charge in [0.25, 0.3) is 0 Å². The molecule has 108 valence electrons. The number of aliphatic hydroxyl groups excluding tert-OH is 1. The van der Waals surface area contributed by atoms with E-state index in [1.54, 1.807) is 6.92 Å². The fourth-order valence-electron chi connectivity index (χ4n) is 1.98. The van der Waals surface area contributed by atoms with Crippen LogP contribution in [0.15, 0.2) is 22.7 Å². The highest BCUT2D eigenvalue weighted by Gasteiger charge is 2.11. The van der Waals surface area contributed by atoms with Gasteiger partial charge < -0.3 is 14.9 Å². The lowest BCUT2D eigenvalue weighted by Crippen LogP contribution is -2.32. The van der Waals surface area contributed by atoms with Gasteiger partial charge in [-0.25, -0.2) is 0 Å². The zero-order valence-electron chi connectivity index (χ0n) is 12.4. The van der Waals surface area contributed by atoms with Crippen molar-refractivity contribution in [1.82, 2.24) is 4.90 Å². The first kappa shape index (κ1) is 16.5. The molecule has 1 atom stereocenters. The number of benzene rings is 1. The summed E-state index contributed by atoms with van der Waals surface area (Å²) in [7, 11) is 4.19. The summed E-state index contributed by atoms with van der Waals surface area (Å²) in [6, 6.07) is 6.11. The summed E-state index contributed by atoms with van der Waals surface area (Å²) in [5.74, 6) is 0. The minimum absolute atomic E-state index is 0.424. The summed E-state index contributed by atoms with van der Waals surface area (Å²) in [5, 5.41) is 9.62. The van der Waals surface area contributed by atoms with Crippen molar-refractivity contribution in [3.8, 4) is 0 Å². The van der Waals surface area contributed by atoms with Crippen molar-refractivity contribution in [1.29, 1.82) is 0 Å². The maximum absolute atomic E-state index is 9.62. The molecule has 1 aromatic carbocycles. The molecule has 0 saturated heterocycles. The van der Waals surface area contributed by atoms with Crippen molar-refractivity contribution >= 4 is 21.6 Å². The Morgan fingerprint density at radius 1 is 1.21 bits per heavy atom. The summed E-state index contributed by atoms with van der Waals surface area (Å²) in [4.78, 5) is 4.58. The van der Waals surface area contributed by atoms with Gasteiger partial charge in [0.1, 0.15) is 0 Å². The van der Waals surface area contributed by atoms with E-state index < -0.39 is 6.10 Å². The molecule has 0 aliphatic heterocycles. The molecule has 0 amide bonds. The minimum atomic E-state index is -0.424. The highest BCUT2D eigenvalue weighted by molar-refractivity contribution is 9.10. The molecule has 1 aromatic rings. The lowest BCUT2D eigenvalue weighted by molar-refractivity contribution is 0.199. The predicted octanol–water partition coefficient (Wildman–Crippen LogP) is 3.28. The zero-order chi connectivity index (χ0) is 14.4. The van der Waals surface area contributed by atoms with E-state index in [1.807, 2.05) is 12.1 Å². The molecule has 3 nitrogen and oxygen atoms in total. The molecule has 1 unspecified atom stereocenters. The fourth-order valence-corrected chi connectivity index (χ4v) is 2.63. The Morgan fingerprint density at radius 3 is 2.37 bits per heavy atom. The molecule has 1 rings (SSSR count). The molecule has 0 radical (unpaired) electrons. The number of rotatable bonds is 7. The summed E-state index contributed by atoms with van der Waals surface area (Å²) in [5.41, 5.74) is 2.15. The lowest BCUT2D eigenvalue weighted by Gasteiger charge is -2.27. The number of halogens is 1. The first-order valence-corrected chi connectivity index (χ1v) is 7.62. The van der Waals surface area contributed by atoms with Gasteiger partial charge in [-0.05, 0) is 61.1 Å². The van der Waals surface area contributed by atoms with Crippen LogP contribution < -0.4 is 4.90 Å². The van der Waals surface area contributed by atoms with E-state index >= 15 is 0 Å². The van der Waals surface area contributed by atoms with Crippen LogP contribution in [0.3, 0.4) is 0 Å². The molecule has 1 N–H and O–H groups in total. The molecule has 0 bridgehead atoms. The Balaban J connectivity index is 2.89. The van der Waals surface area contributed by atoms with Crippen molar-refractivity contribution in [3.63, 3.8) is 0 Å². The van der Waals surface area contributed by atoms with Crippen LogP contribution in [0.4, 0.5) is 5.69 Å². The first-order valence-electron chi connectivity index (χ1n) is 6.83. The molecule has 0 fully saturated rings. The van der Waals surface area contributed by atoms with Gasteiger partial charge in [-0.2, -0.15) is 0 Å². The molecule has 0 spiro atoms. The number of hydrogen-bond acceptors (Lipinski definition) is 3. The Labute approximate surface area is 125 Å². The van der Waals surface area contributed by atoms with Crippen LogP contribution in [0.25, 0.3) is 0 Å². The lowest BCUT2D eigenvalue weighted by atomic mass is 10.1. The maximum Gasteiger partial charge on any atom is 0.0762 e. The van der Waals surface area contributed by atoms with Gasteiger partial charge in [-0.1, -0.05) is 13.0 Å². The van der Waals surface area contributed by atoms with Crippen LogP contribution in [0.1, 0.15) is 31.9 Å². The predicted molar refractivity (Wildman–Crippen MR) is 85.8 cm³/mol. The Bertz CT molecular complexity index is 394. The number of hydrogen-bond donors (Lipinski definition) is 1. The molecule has 4 heteroatoms. The van der Waals surface area contributed by atoms with E-state index in [1.165, 1.54) is 5.69 Å². The van der Waals surface area contributed by atoms with Gasteiger partial charge in [0.15, 0.2) is 0 Å². The van der Waals surface area contributed by atoms with Crippen molar-refractivity contribution in [2.45, 2.75) is 26.4 Å². The number of likely N-dealkylation sites (N-methyl/N-ethyl adjacent to an activating group) is 1. The highest BCUT2D eigenvalue weighted by atomic mass is 79.9. The maximum atomic E-state index is 9.62. The van der Waals surface area contributed by atoms with Gasteiger partial charge in [0.05, 0.1) is 11.8 Å². The quantitative estimate of drug-likeness (QED) is 0.832. The molecule has 0 heterocycles. The van der Waals surface area contributed by atoms with Crippen LogP contribution in [0.2, 0.25) is 0 Å². The van der Waals surface area contributed by atoms with Crippen LogP contribution >= 0.6 is 15.9 Å². The summed E-state index contributed by atoms with van der Waals surface area (Å²) in [6.45, 7) is 7.07. The average molecular weight is 329 g/mol. The second kappa shape index (κ2) is 7.88. The van der Waals surface area contributed by atoms with E-state index in [9.17, 15) is 5.11 Å². The zero-order valence-corrected chi connectivity index (χ0v) is 13.9. The Morgan fingerprint density at radius 2 is 1.89 bits per heavy atom. The van der Waals surface area contributed by atoms with Crippen molar-refractivity contribution in [2.24, 2.45) is 0 Å². The van der Waals surface area contributed by atoms with Gasteiger partial charge in [0, 0.05) is 24.1 Å². The molecule has 0 saturated carbocycles. The normalized spacial score (nSPS) is 12.8. The van der Waals surface area contributed by atoms with Crippen LogP contribution in [-0.2, 0) is 0 Å². The largest absolute Gasteiger partial charge is 0.389 e. The van der Waals surface area contributed by atoms with E-state index in [2.05, 4.69) is 52.8 Å². The number of aliphatic hydroxyl groups is 1. The topological polar surface area (TPSA) is 26.7 Å². The molecular weight excluding hydrogens is 304 g/mol. The minimum Gasteiger partial charge on any atom is -0.389 e. The number of anilines is 1. The Kier molecular flexibility index (Phi) is 6.83. The van der Waals surface area contributed by atoms with E-state index in [-0.39, 0.29) is 0 Å². The summed E-state index contributed by atoms with van der Waals surface area (Å²) < 4.78 is 1.05. The molecular formula is C15H25BrN2O. The molecule has 0 aromatic heterocycles. The third-order valence-electron chi connectivity index (χ3n) is 3.11. The van der Waals surface area contributed by atoms with E-state index in [0.717, 1.165) is 36.1 Å². The standard InChI is InChI=1S/C15H25BrN2O/c1-5-8-18(10-9-17(3)4)15-7-6-13(12(2)19)11-14(15)16/h6-7,11-12,19H,5,8-10H2,1-4H3. The third-order valence-corrected chi connectivity index (χ3v) is 3.74. The SMILES string of the molecule is CCCN(CCN(C)C)c1ccc(C(C)O)cc1Br. The van der Waals surface area contributed by atoms with Crippen LogP contribution in [0, 0.1) is 0 Å². The van der Waals surface area contributed by atoms with E-state index in [4.69, 9.17) is 0 Å². The summed E-state index contributed by atoms with van der Waals surface area (Å²) in [6.07, 6.45) is 0.699. The second-order valence-electron chi connectivity index (χ2n) is 5.18. The van der Waals surface area contributed by atoms with Gasteiger partial charge in [-0.15, -0.1) is 0 Å². The van der Waals surface area contributed by atoms with Crippen molar-refractivity contribution < 1.29 is 5.11 Å². The van der Waals surface area contributed by atoms with Crippen molar-refractivity contribution in [2.75, 3.05) is 38.6 Å². The Hall–Kier alpha value is -0.580. The average Bonchev–Trinajstić information content (AvgIpc) is 2.34. The fraction of sp³-hybridized carbons (Fsp3) is 0.600. The summed E-state index contributed by atoms with van der Waals surface area (Å²) >= 11 is 3.63. The smallest absolute Gasteiger partial charge is 0.0762 e. The highest BCUT2D eigenvalue weighted by Crippen LogP contribution is 2.29. The molecule has 0 aliphatic rings. The molecule has 19 heavy (non-hydrogen) atoms. The van der Waals surface area contributed by atoms with E-state index in [0.29, 0.717) is 0 Å². The van der Waals surface area contributed by atoms with Crippen LogP contribution in [0.5, 0.6) is 0 Å². The van der Waals surface area contributed by atoms with Gasteiger partial charge in [0.2, 0.25) is 0 Å². The van der Waals surface area contributed by atoms with Gasteiger partial charge in [-0.3, -0.25) is 0 Å².